The normalized spacial score (nSPS) is 11.4. The second-order valence-electron chi connectivity index (χ2n) is 9.08. The van der Waals surface area contributed by atoms with E-state index in [0.29, 0.717) is 0 Å². The molecule has 0 saturated carbocycles. The van der Waals surface area contributed by atoms with Gasteiger partial charge in [-0.2, -0.15) is 0 Å². The second kappa shape index (κ2) is 10.1. The fourth-order valence-electron chi connectivity index (χ4n) is 5.04. The van der Waals surface area contributed by atoms with Crippen molar-refractivity contribution in [1.29, 1.82) is 0 Å². The molecule has 0 atom stereocenters. The van der Waals surface area contributed by atoms with Crippen molar-refractivity contribution in [3.8, 4) is 28.1 Å². The van der Waals surface area contributed by atoms with Gasteiger partial charge >= 0.3 is 0 Å². The molecule has 0 fully saturated rings. The van der Waals surface area contributed by atoms with Crippen LogP contribution < -0.4 is 20.7 Å². The molecular weight excluding hydrogens is 485 g/mol. The molecule has 38 heavy (non-hydrogen) atoms. The first-order valence-corrected chi connectivity index (χ1v) is 14.3. The van der Waals surface area contributed by atoms with Gasteiger partial charge in [0.1, 0.15) is 5.75 Å². The van der Waals surface area contributed by atoms with Gasteiger partial charge in [-0.25, -0.2) is 4.98 Å². The fourth-order valence-corrected chi connectivity index (χ4v) is 7.84. The first-order chi connectivity index (χ1) is 18.7. The standard InChI is InChI=1S/C34H26NO2P/c1-37-32-22-12-11-20-29(32)31-24-30(25-14-5-2-6-15-25)28-21-13-23-33(34(28)35-31)38(36,26-16-7-3-8-17-26)27-18-9-4-10-19-27/h2-24H,1H3. The molecule has 1 aromatic heterocycles. The number of nitrogens with zero attached hydrogens (tertiary/aromatic N) is 1. The number of hydrogen-bond acceptors (Lipinski definition) is 3. The van der Waals surface area contributed by atoms with Crippen molar-refractivity contribution in [2.75, 3.05) is 7.11 Å². The quantitative estimate of drug-likeness (QED) is 0.222. The Balaban J connectivity index is 1.74. The Hall–Kier alpha value is -4.46. The summed E-state index contributed by atoms with van der Waals surface area (Å²) >= 11 is 0. The summed E-state index contributed by atoms with van der Waals surface area (Å²) in [7, 11) is -1.59. The van der Waals surface area contributed by atoms with E-state index in [1.165, 1.54) is 0 Å². The molecule has 3 nitrogen and oxygen atoms in total. The van der Waals surface area contributed by atoms with Crippen LogP contribution in [0.4, 0.5) is 0 Å². The zero-order valence-corrected chi connectivity index (χ0v) is 21.9. The summed E-state index contributed by atoms with van der Waals surface area (Å²) < 4.78 is 21.1. The van der Waals surface area contributed by atoms with Crippen molar-refractivity contribution in [2.45, 2.75) is 0 Å². The second-order valence-corrected chi connectivity index (χ2v) is 11.8. The summed E-state index contributed by atoms with van der Waals surface area (Å²) in [4.78, 5) is 5.21. The monoisotopic (exact) mass is 511 g/mol. The minimum Gasteiger partial charge on any atom is -0.496 e. The number of pyridine rings is 1. The van der Waals surface area contributed by atoms with Crippen molar-refractivity contribution < 1.29 is 9.30 Å². The van der Waals surface area contributed by atoms with E-state index in [-0.39, 0.29) is 0 Å². The highest BCUT2D eigenvalue weighted by Gasteiger charge is 2.32. The zero-order chi connectivity index (χ0) is 26.0. The highest BCUT2D eigenvalue weighted by atomic mass is 31.2. The average Bonchev–Trinajstić information content (AvgIpc) is 3.01. The summed E-state index contributed by atoms with van der Waals surface area (Å²) in [6, 6.07) is 45.8. The predicted octanol–water partition coefficient (Wildman–Crippen LogP) is 7.22. The molecule has 0 bridgehead atoms. The molecule has 0 aliphatic carbocycles. The van der Waals surface area contributed by atoms with E-state index in [1.807, 2.05) is 115 Å². The van der Waals surface area contributed by atoms with Crippen LogP contribution in [-0.4, -0.2) is 12.1 Å². The maximum Gasteiger partial charge on any atom is 0.173 e. The van der Waals surface area contributed by atoms with Crippen molar-refractivity contribution >= 4 is 34.0 Å². The van der Waals surface area contributed by atoms with Crippen LogP contribution in [0.1, 0.15) is 0 Å². The molecule has 184 valence electrons. The number of ether oxygens (including phenoxy) is 1. The Morgan fingerprint density at radius 3 is 1.82 bits per heavy atom. The third-order valence-electron chi connectivity index (χ3n) is 6.86. The largest absolute Gasteiger partial charge is 0.496 e. The molecule has 5 aromatic carbocycles. The Morgan fingerprint density at radius 1 is 0.605 bits per heavy atom. The molecular formula is C34H26NO2P. The van der Waals surface area contributed by atoms with Crippen LogP contribution in [0.15, 0.2) is 140 Å². The number of aromatic nitrogens is 1. The number of hydrogen-bond donors (Lipinski definition) is 0. The van der Waals surface area contributed by atoms with Gasteiger partial charge in [-0.05, 0) is 35.4 Å². The van der Waals surface area contributed by atoms with E-state index in [4.69, 9.17) is 9.72 Å². The van der Waals surface area contributed by atoms with Gasteiger partial charge in [0.2, 0.25) is 0 Å². The molecule has 0 radical (unpaired) electrons. The number of methoxy groups -OCH3 is 1. The summed E-state index contributed by atoms with van der Waals surface area (Å²) in [6.45, 7) is 0. The lowest BCUT2D eigenvalue weighted by molar-refractivity contribution is 0.416. The van der Waals surface area contributed by atoms with Gasteiger partial charge < -0.3 is 9.30 Å². The van der Waals surface area contributed by atoms with Gasteiger partial charge in [0.15, 0.2) is 7.14 Å². The fraction of sp³-hybridized carbons (Fsp3) is 0.0294. The van der Waals surface area contributed by atoms with E-state index >= 15 is 4.57 Å². The minimum atomic E-state index is -3.26. The van der Waals surface area contributed by atoms with E-state index in [0.717, 1.165) is 55.0 Å². The van der Waals surface area contributed by atoms with E-state index in [1.54, 1.807) is 7.11 Å². The van der Waals surface area contributed by atoms with Crippen molar-refractivity contribution in [3.63, 3.8) is 0 Å². The molecule has 0 unspecified atom stereocenters. The van der Waals surface area contributed by atoms with Crippen LogP contribution in [0.25, 0.3) is 33.3 Å². The highest BCUT2D eigenvalue weighted by Crippen LogP contribution is 2.45. The molecule has 0 saturated heterocycles. The summed E-state index contributed by atoms with van der Waals surface area (Å²) in [6.07, 6.45) is 0. The Bertz CT molecular complexity index is 1720. The maximum atomic E-state index is 15.4. The highest BCUT2D eigenvalue weighted by molar-refractivity contribution is 7.85. The van der Waals surface area contributed by atoms with E-state index in [2.05, 4.69) is 24.3 Å². The lowest BCUT2D eigenvalue weighted by atomic mass is 9.98. The van der Waals surface area contributed by atoms with Gasteiger partial charge in [0.05, 0.1) is 18.3 Å². The topological polar surface area (TPSA) is 39.2 Å². The van der Waals surface area contributed by atoms with E-state index in [9.17, 15) is 0 Å². The molecule has 0 N–H and O–H groups in total. The Kier molecular flexibility index (Phi) is 6.37. The summed E-state index contributed by atoms with van der Waals surface area (Å²) in [5.41, 5.74) is 4.49. The van der Waals surface area contributed by atoms with Crippen LogP contribution in [0.5, 0.6) is 5.75 Å². The third-order valence-corrected chi connectivity index (χ3v) is 9.95. The third kappa shape index (κ3) is 4.12. The number of fused-ring (bicyclic) bond motifs is 1. The van der Waals surface area contributed by atoms with Gasteiger partial charge in [0.25, 0.3) is 0 Å². The van der Waals surface area contributed by atoms with Crippen LogP contribution in [0, 0.1) is 0 Å². The van der Waals surface area contributed by atoms with Crippen LogP contribution in [0.2, 0.25) is 0 Å². The average molecular weight is 512 g/mol. The van der Waals surface area contributed by atoms with Crippen LogP contribution in [0.3, 0.4) is 0 Å². The zero-order valence-electron chi connectivity index (χ0n) is 21.0. The van der Waals surface area contributed by atoms with Gasteiger partial charge in [-0.1, -0.05) is 115 Å². The van der Waals surface area contributed by atoms with Gasteiger partial charge in [-0.15, -0.1) is 0 Å². The molecule has 1 heterocycles. The van der Waals surface area contributed by atoms with Gasteiger partial charge in [0, 0.05) is 26.9 Å². The molecule has 6 rings (SSSR count). The van der Waals surface area contributed by atoms with Crippen molar-refractivity contribution in [1.82, 2.24) is 4.98 Å². The Labute approximate surface area is 222 Å². The first-order valence-electron chi connectivity index (χ1n) is 12.5. The Morgan fingerprint density at radius 2 is 1.18 bits per heavy atom. The SMILES string of the molecule is COc1ccccc1-c1cc(-c2ccccc2)c2cccc(P(=O)(c3ccccc3)c3ccccc3)c2n1. The van der Waals surface area contributed by atoms with E-state index < -0.39 is 7.14 Å². The molecule has 0 aliphatic heterocycles. The van der Waals surface area contributed by atoms with Gasteiger partial charge in [-0.3, -0.25) is 0 Å². The van der Waals surface area contributed by atoms with Crippen molar-refractivity contribution in [3.05, 3.63) is 140 Å². The molecule has 0 aliphatic rings. The first kappa shape index (κ1) is 23.9. The number of para-hydroxylation sites is 2. The number of rotatable bonds is 6. The minimum absolute atomic E-state index is 0.723. The molecule has 4 heteroatoms. The van der Waals surface area contributed by atoms with Crippen LogP contribution in [-0.2, 0) is 4.57 Å². The molecule has 6 aromatic rings. The predicted molar refractivity (Wildman–Crippen MR) is 159 cm³/mol. The summed E-state index contributed by atoms with van der Waals surface area (Å²) in [5.74, 6) is 0.741. The van der Waals surface area contributed by atoms with Crippen molar-refractivity contribution in [2.24, 2.45) is 0 Å². The smallest absolute Gasteiger partial charge is 0.173 e. The lowest BCUT2D eigenvalue weighted by Crippen LogP contribution is -2.26. The maximum absolute atomic E-state index is 15.4. The summed E-state index contributed by atoms with van der Waals surface area (Å²) in [5, 5.41) is 3.25. The molecule has 0 spiro atoms. The number of benzene rings is 5. The van der Waals surface area contributed by atoms with Crippen LogP contribution >= 0.6 is 7.14 Å². The molecule has 0 amide bonds. The lowest BCUT2D eigenvalue weighted by Gasteiger charge is -2.22.